The van der Waals surface area contributed by atoms with Crippen molar-refractivity contribution in [3.63, 3.8) is 0 Å². The molecule has 3 rings (SSSR count). The molecule has 0 radical (unpaired) electrons. The van der Waals surface area contributed by atoms with Gasteiger partial charge in [0.2, 0.25) is 11.8 Å². The highest BCUT2D eigenvalue weighted by Crippen LogP contribution is 2.18. The van der Waals surface area contributed by atoms with Crippen LogP contribution in [-0.2, 0) is 9.59 Å². The predicted octanol–water partition coefficient (Wildman–Crippen LogP) is 1.63. The van der Waals surface area contributed by atoms with Crippen LogP contribution in [-0.4, -0.2) is 89.8 Å². The van der Waals surface area contributed by atoms with Crippen molar-refractivity contribution in [2.24, 2.45) is 11.8 Å². The minimum absolute atomic E-state index is 0.0793. The molecule has 0 aliphatic carbocycles. The zero-order valence-electron chi connectivity index (χ0n) is 19.5. The lowest BCUT2D eigenvalue weighted by molar-refractivity contribution is -0.138. The first-order chi connectivity index (χ1) is 15.4. The van der Waals surface area contributed by atoms with E-state index in [1.807, 2.05) is 4.90 Å². The Labute approximate surface area is 191 Å². The predicted molar refractivity (Wildman–Crippen MR) is 123 cm³/mol. The lowest BCUT2D eigenvalue weighted by Crippen LogP contribution is -2.51. The molecule has 0 aromatic carbocycles. The third kappa shape index (κ3) is 7.02. The summed E-state index contributed by atoms with van der Waals surface area (Å²) < 4.78 is 0. The van der Waals surface area contributed by atoms with Gasteiger partial charge in [-0.05, 0) is 37.3 Å². The van der Waals surface area contributed by atoms with Crippen LogP contribution >= 0.6 is 0 Å². The summed E-state index contributed by atoms with van der Waals surface area (Å²) in [6.07, 6.45) is 5.56. The topological polar surface area (TPSA) is 85.8 Å². The summed E-state index contributed by atoms with van der Waals surface area (Å²) in [4.78, 5) is 48.6. The van der Waals surface area contributed by atoms with Gasteiger partial charge in [0.1, 0.15) is 0 Å². The van der Waals surface area contributed by atoms with E-state index in [0.717, 1.165) is 45.6 Å². The molecule has 0 saturated carbocycles. The Morgan fingerprint density at radius 2 is 1.88 bits per heavy atom. The molecule has 1 aromatic heterocycles. The standard InChI is InChI=1S/C24H37N5O3/c1-19(2)18-27-13-15-29(16-14-27)23(31)20-6-4-11-28(12-8-22(30)26-10-7-20)24(32)21-5-3-9-25-17-21/h3,5,9,17,19-20H,4,6-8,10-16,18H2,1-2H3,(H,26,30). The highest BCUT2D eigenvalue weighted by Gasteiger charge is 2.28. The van der Waals surface area contributed by atoms with Crippen LogP contribution in [0.1, 0.15) is 49.9 Å². The van der Waals surface area contributed by atoms with Crippen LogP contribution < -0.4 is 5.32 Å². The number of aromatic nitrogens is 1. The molecular weight excluding hydrogens is 406 g/mol. The summed E-state index contributed by atoms with van der Waals surface area (Å²) >= 11 is 0. The monoisotopic (exact) mass is 443 g/mol. The van der Waals surface area contributed by atoms with Gasteiger partial charge in [0.05, 0.1) is 5.56 Å². The van der Waals surface area contributed by atoms with Crippen LogP contribution in [0.2, 0.25) is 0 Å². The fourth-order valence-corrected chi connectivity index (χ4v) is 4.54. The van der Waals surface area contributed by atoms with E-state index in [0.29, 0.717) is 37.5 Å². The van der Waals surface area contributed by atoms with Crippen LogP contribution in [0.5, 0.6) is 0 Å². The second-order valence-corrected chi connectivity index (χ2v) is 9.28. The molecule has 8 heteroatoms. The largest absolute Gasteiger partial charge is 0.356 e. The van der Waals surface area contributed by atoms with Gasteiger partial charge < -0.3 is 15.1 Å². The molecule has 1 unspecified atom stereocenters. The lowest BCUT2D eigenvalue weighted by Gasteiger charge is -2.37. The summed E-state index contributed by atoms with van der Waals surface area (Å²) in [7, 11) is 0. The van der Waals surface area contributed by atoms with Gasteiger partial charge in [0, 0.05) is 77.1 Å². The summed E-state index contributed by atoms with van der Waals surface area (Å²) in [5.41, 5.74) is 0.523. The molecule has 1 N–H and O–H groups in total. The third-order valence-electron chi connectivity index (χ3n) is 6.26. The van der Waals surface area contributed by atoms with Crippen molar-refractivity contribution < 1.29 is 14.4 Å². The first kappa shape index (κ1) is 24.2. The SMILES string of the molecule is CC(C)CN1CCN(C(=O)C2CCCN(C(=O)c3cccnc3)CCC(=O)NCC2)CC1. The fourth-order valence-electron chi connectivity index (χ4n) is 4.54. The quantitative estimate of drug-likeness (QED) is 0.765. The number of hydrogen-bond donors (Lipinski definition) is 1. The molecule has 0 bridgehead atoms. The van der Waals surface area contributed by atoms with Crippen molar-refractivity contribution in [1.82, 2.24) is 25.0 Å². The Hall–Kier alpha value is -2.48. The Balaban J connectivity index is 1.59. The van der Waals surface area contributed by atoms with Gasteiger partial charge in [-0.15, -0.1) is 0 Å². The maximum Gasteiger partial charge on any atom is 0.255 e. The van der Waals surface area contributed by atoms with Gasteiger partial charge in [-0.1, -0.05) is 13.8 Å². The van der Waals surface area contributed by atoms with E-state index in [-0.39, 0.29) is 30.1 Å². The molecule has 3 heterocycles. The Morgan fingerprint density at radius 1 is 1.09 bits per heavy atom. The van der Waals surface area contributed by atoms with Crippen molar-refractivity contribution in [2.75, 3.05) is 52.4 Å². The number of nitrogens with one attached hydrogen (secondary N) is 1. The molecule has 1 atom stereocenters. The molecule has 8 nitrogen and oxygen atoms in total. The molecule has 1 aromatic rings. The van der Waals surface area contributed by atoms with Crippen LogP contribution in [0.3, 0.4) is 0 Å². The van der Waals surface area contributed by atoms with Crippen LogP contribution in [0.4, 0.5) is 0 Å². The molecule has 32 heavy (non-hydrogen) atoms. The van der Waals surface area contributed by atoms with Crippen LogP contribution in [0.25, 0.3) is 0 Å². The average molecular weight is 444 g/mol. The molecule has 0 spiro atoms. The van der Waals surface area contributed by atoms with Crippen molar-refractivity contribution in [2.45, 2.75) is 39.5 Å². The van der Waals surface area contributed by atoms with Gasteiger partial charge in [-0.2, -0.15) is 0 Å². The van der Waals surface area contributed by atoms with Crippen LogP contribution in [0.15, 0.2) is 24.5 Å². The van der Waals surface area contributed by atoms with E-state index < -0.39 is 0 Å². The van der Waals surface area contributed by atoms with E-state index in [1.54, 1.807) is 29.4 Å². The van der Waals surface area contributed by atoms with Gasteiger partial charge in [-0.25, -0.2) is 0 Å². The minimum Gasteiger partial charge on any atom is -0.356 e. The normalized spacial score (nSPS) is 21.7. The molecule has 3 amide bonds. The number of pyridine rings is 1. The smallest absolute Gasteiger partial charge is 0.255 e. The molecule has 2 fully saturated rings. The zero-order valence-corrected chi connectivity index (χ0v) is 19.5. The Kier molecular flexibility index (Phi) is 9.02. The second-order valence-electron chi connectivity index (χ2n) is 9.28. The highest BCUT2D eigenvalue weighted by molar-refractivity contribution is 5.94. The first-order valence-corrected chi connectivity index (χ1v) is 11.9. The number of nitrogens with zero attached hydrogens (tertiary/aromatic N) is 4. The Morgan fingerprint density at radius 3 is 2.56 bits per heavy atom. The third-order valence-corrected chi connectivity index (χ3v) is 6.26. The second kappa shape index (κ2) is 11.9. The van der Waals surface area contributed by atoms with Gasteiger partial charge >= 0.3 is 0 Å². The number of carbonyl (C=O) groups excluding carboxylic acids is 3. The number of carbonyl (C=O) groups is 3. The van der Waals surface area contributed by atoms with Crippen LogP contribution in [0, 0.1) is 11.8 Å². The van der Waals surface area contributed by atoms with Gasteiger partial charge in [0.15, 0.2) is 0 Å². The highest BCUT2D eigenvalue weighted by atomic mass is 16.2. The number of piperazine rings is 1. The maximum absolute atomic E-state index is 13.3. The molecule has 176 valence electrons. The maximum atomic E-state index is 13.3. The van der Waals surface area contributed by atoms with Gasteiger partial charge in [0.25, 0.3) is 5.91 Å². The van der Waals surface area contributed by atoms with Crippen molar-refractivity contribution in [3.8, 4) is 0 Å². The van der Waals surface area contributed by atoms with E-state index in [4.69, 9.17) is 0 Å². The van der Waals surface area contributed by atoms with Crippen molar-refractivity contribution in [1.29, 1.82) is 0 Å². The zero-order chi connectivity index (χ0) is 22.9. The van der Waals surface area contributed by atoms with Gasteiger partial charge in [-0.3, -0.25) is 24.3 Å². The number of amides is 3. The molecule has 2 aliphatic rings. The van der Waals surface area contributed by atoms with Crippen molar-refractivity contribution in [3.05, 3.63) is 30.1 Å². The summed E-state index contributed by atoms with van der Waals surface area (Å²) in [5, 5.41) is 2.93. The lowest BCUT2D eigenvalue weighted by atomic mass is 9.96. The van der Waals surface area contributed by atoms with E-state index in [9.17, 15) is 14.4 Å². The summed E-state index contributed by atoms with van der Waals surface area (Å²) in [5.74, 6) is 0.493. The number of hydrogen-bond acceptors (Lipinski definition) is 5. The molecule has 2 saturated heterocycles. The molecule has 2 aliphatic heterocycles. The van der Waals surface area contributed by atoms with E-state index in [1.165, 1.54) is 0 Å². The number of rotatable bonds is 4. The summed E-state index contributed by atoms with van der Waals surface area (Å²) in [6.45, 7) is 10.3. The minimum atomic E-state index is -0.125. The summed E-state index contributed by atoms with van der Waals surface area (Å²) in [6, 6.07) is 3.48. The van der Waals surface area contributed by atoms with E-state index >= 15 is 0 Å². The first-order valence-electron chi connectivity index (χ1n) is 11.9. The van der Waals surface area contributed by atoms with E-state index in [2.05, 4.69) is 29.0 Å². The molecular formula is C24H37N5O3. The Bertz CT molecular complexity index is 762. The fraction of sp³-hybridized carbons (Fsp3) is 0.667. The van der Waals surface area contributed by atoms with Crippen molar-refractivity contribution >= 4 is 17.7 Å². The average Bonchev–Trinajstić information content (AvgIpc) is 2.83.